The van der Waals surface area contributed by atoms with Gasteiger partial charge >= 0.3 is 0 Å². The average Bonchev–Trinajstić information content (AvgIpc) is 2.50. The van der Waals surface area contributed by atoms with E-state index in [-0.39, 0.29) is 5.25 Å². The van der Waals surface area contributed by atoms with Crippen molar-refractivity contribution in [3.05, 3.63) is 6.92 Å². The van der Waals surface area contributed by atoms with Gasteiger partial charge in [0.1, 0.15) is 0 Å². The molecule has 5 nitrogen and oxygen atoms in total. The summed E-state index contributed by atoms with van der Waals surface area (Å²) in [7, 11) is 3.99. The van der Waals surface area contributed by atoms with Gasteiger partial charge in [0.25, 0.3) is 0 Å². The predicted octanol–water partition coefficient (Wildman–Crippen LogP) is 1.60. The van der Waals surface area contributed by atoms with E-state index in [0.717, 1.165) is 13.0 Å². The van der Waals surface area contributed by atoms with Crippen LogP contribution in [0.25, 0.3) is 0 Å². The zero-order valence-electron chi connectivity index (χ0n) is 7.88. The zero-order valence-corrected chi connectivity index (χ0v) is 8.78. The molecule has 73 valence electrons. The van der Waals surface area contributed by atoms with Crippen molar-refractivity contribution in [1.82, 2.24) is 4.90 Å². The van der Waals surface area contributed by atoms with Crippen molar-refractivity contribution in [3.8, 4) is 0 Å². The smallest absolute Gasteiger partial charge is 0.207 e. The third kappa shape index (κ3) is 2.47. The van der Waals surface area contributed by atoms with E-state index >= 15 is 0 Å². The normalized spacial score (nSPS) is 21.3. The molecule has 1 aliphatic heterocycles. The van der Waals surface area contributed by atoms with Crippen molar-refractivity contribution in [2.75, 3.05) is 20.6 Å². The van der Waals surface area contributed by atoms with Gasteiger partial charge in [0, 0.05) is 13.0 Å². The maximum atomic E-state index is 4.24. The van der Waals surface area contributed by atoms with Crippen LogP contribution in [0.3, 0.4) is 0 Å². The Morgan fingerprint density at radius 2 is 1.92 bits per heavy atom. The largest absolute Gasteiger partial charge is 0.309 e. The first-order chi connectivity index (χ1) is 6.07. The van der Waals surface area contributed by atoms with Crippen molar-refractivity contribution >= 4 is 12.6 Å². The highest BCUT2D eigenvalue weighted by molar-refractivity contribution is 7.81. The number of rotatable bonds is 4. The summed E-state index contributed by atoms with van der Waals surface area (Å²) in [5, 5.41) is 14.7. The van der Waals surface area contributed by atoms with E-state index in [0.29, 0.717) is 0 Å². The van der Waals surface area contributed by atoms with E-state index in [9.17, 15) is 0 Å². The minimum atomic E-state index is -0.645. The minimum Gasteiger partial charge on any atom is -0.309 e. The van der Waals surface area contributed by atoms with Crippen LogP contribution in [-0.4, -0.2) is 36.5 Å². The van der Waals surface area contributed by atoms with Crippen LogP contribution in [0, 0.1) is 6.92 Å². The summed E-state index contributed by atoms with van der Waals surface area (Å²) in [5.41, 5.74) is -0.645. The summed E-state index contributed by atoms with van der Waals surface area (Å²) >= 11 is 4.24. The third-order valence-electron chi connectivity index (χ3n) is 1.94. The molecule has 1 unspecified atom stereocenters. The molecule has 0 aromatic heterocycles. The molecule has 0 fully saturated rings. The summed E-state index contributed by atoms with van der Waals surface area (Å²) in [6.45, 7) is 4.67. The Morgan fingerprint density at radius 1 is 1.38 bits per heavy atom. The number of hydrogen-bond acceptors (Lipinski definition) is 6. The van der Waals surface area contributed by atoms with E-state index in [4.69, 9.17) is 0 Å². The first-order valence-electron chi connectivity index (χ1n) is 4.07. The SMILES string of the molecule is [CH2]C(S)C1(CCN(C)C)N=NN=N1. The molecule has 1 radical (unpaired) electrons. The monoisotopic (exact) mass is 200 g/mol. The van der Waals surface area contributed by atoms with Crippen LogP contribution in [0.5, 0.6) is 0 Å². The van der Waals surface area contributed by atoms with Crippen LogP contribution in [-0.2, 0) is 0 Å². The topological polar surface area (TPSA) is 52.7 Å². The van der Waals surface area contributed by atoms with Gasteiger partial charge in [-0.3, -0.25) is 0 Å². The molecular weight excluding hydrogens is 186 g/mol. The van der Waals surface area contributed by atoms with Gasteiger partial charge in [-0.25, -0.2) is 0 Å². The molecular formula is C7H14N5S. The summed E-state index contributed by atoms with van der Waals surface area (Å²) < 4.78 is 0. The predicted molar refractivity (Wildman–Crippen MR) is 53.7 cm³/mol. The molecule has 1 aliphatic rings. The summed E-state index contributed by atoms with van der Waals surface area (Å²) in [6.07, 6.45) is 0.741. The number of thiol groups is 1. The van der Waals surface area contributed by atoms with Crippen LogP contribution in [0.1, 0.15) is 6.42 Å². The molecule has 0 aromatic carbocycles. The Balaban J connectivity index is 2.59. The fourth-order valence-corrected chi connectivity index (χ4v) is 1.24. The Hall–Kier alpha value is -0.490. The molecule has 1 heterocycles. The quantitative estimate of drug-likeness (QED) is 0.688. The second-order valence-corrected chi connectivity index (χ2v) is 3.95. The van der Waals surface area contributed by atoms with E-state index in [1.165, 1.54) is 0 Å². The molecule has 0 N–H and O–H groups in total. The molecule has 13 heavy (non-hydrogen) atoms. The fourth-order valence-electron chi connectivity index (χ4n) is 1.00. The molecule has 0 saturated heterocycles. The fraction of sp³-hybridized carbons (Fsp3) is 0.857. The minimum absolute atomic E-state index is 0.206. The lowest BCUT2D eigenvalue weighted by Crippen LogP contribution is -2.35. The Morgan fingerprint density at radius 3 is 2.31 bits per heavy atom. The first kappa shape index (κ1) is 10.6. The van der Waals surface area contributed by atoms with Gasteiger partial charge in [0.15, 0.2) is 0 Å². The van der Waals surface area contributed by atoms with Crippen molar-refractivity contribution in [3.63, 3.8) is 0 Å². The van der Waals surface area contributed by atoms with Gasteiger partial charge in [-0.2, -0.15) is 12.6 Å². The van der Waals surface area contributed by atoms with Gasteiger partial charge in [0.2, 0.25) is 5.66 Å². The van der Waals surface area contributed by atoms with Crippen LogP contribution in [0.15, 0.2) is 20.7 Å². The van der Waals surface area contributed by atoms with Crippen LogP contribution < -0.4 is 0 Å². The molecule has 1 atom stereocenters. The van der Waals surface area contributed by atoms with Gasteiger partial charge in [-0.1, -0.05) is 0 Å². The molecule has 1 rings (SSSR count). The molecule has 0 spiro atoms. The molecule has 0 amide bonds. The summed E-state index contributed by atoms with van der Waals surface area (Å²) in [4.78, 5) is 2.06. The first-order valence-corrected chi connectivity index (χ1v) is 4.58. The molecule has 0 aliphatic carbocycles. The standard InChI is InChI=1S/C7H14N5S/c1-6(13)7(4-5-12(2)3)8-10-11-9-7/h6,13H,1,4-5H2,2-3H3. The zero-order chi connectivity index (χ0) is 9.90. The highest BCUT2D eigenvalue weighted by Crippen LogP contribution is 2.30. The van der Waals surface area contributed by atoms with Gasteiger partial charge in [-0.05, 0) is 31.5 Å². The third-order valence-corrected chi connectivity index (χ3v) is 2.35. The highest BCUT2D eigenvalue weighted by atomic mass is 32.1. The summed E-state index contributed by atoms with van der Waals surface area (Å²) in [5.74, 6) is 0. The Kier molecular flexibility index (Phi) is 3.38. The van der Waals surface area contributed by atoms with Crippen molar-refractivity contribution in [2.24, 2.45) is 20.7 Å². The Bertz CT molecular complexity index is 211. The van der Waals surface area contributed by atoms with Crippen molar-refractivity contribution < 1.29 is 0 Å². The maximum absolute atomic E-state index is 4.24. The van der Waals surface area contributed by atoms with Gasteiger partial charge < -0.3 is 4.90 Å². The number of hydrogen-bond donors (Lipinski definition) is 1. The lowest BCUT2D eigenvalue weighted by Gasteiger charge is -2.24. The van der Waals surface area contributed by atoms with Crippen molar-refractivity contribution in [2.45, 2.75) is 17.3 Å². The van der Waals surface area contributed by atoms with E-state index in [2.05, 4.69) is 45.1 Å². The Labute approximate surface area is 83.7 Å². The average molecular weight is 200 g/mol. The summed E-state index contributed by atoms with van der Waals surface area (Å²) in [6, 6.07) is 0. The van der Waals surface area contributed by atoms with Gasteiger partial charge in [0.05, 0.1) is 5.25 Å². The van der Waals surface area contributed by atoms with E-state index < -0.39 is 5.66 Å². The highest BCUT2D eigenvalue weighted by Gasteiger charge is 2.37. The van der Waals surface area contributed by atoms with E-state index in [1.54, 1.807) is 0 Å². The maximum Gasteiger partial charge on any atom is 0.207 e. The molecule has 0 bridgehead atoms. The lowest BCUT2D eigenvalue weighted by molar-refractivity contribution is 0.325. The van der Waals surface area contributed by atoms with Crippen LogP contribution >= 0.6 is 12.6 Å². The number of nitrogens with zero attached hydrogens (tertiary/aromatic N) is 5. The second kappa shape index (κ2) is 4.15. The second-order valence-electron chi connectivity index (χ2n) is 3.33. The molecule has 0 saturated carbocycles. The molecule has 6 heteroatoms. The van der Waals surface area contributed by atoms with Crippen molar-refractivity contribution in [1.29, 1.82) is 0 Å². The van der Waals surface area contributed by atoms with Crippen LogP contribution in [0.2, 0.25) is 0 Å². The van der Waals surface area contributed by atoms with Crippen LogP contribution in [0.4, 0.5) is 0 Å². The van der Waals surface area contributed by atoms with E-state index in [1.807, 2.05) is 14.1 Å². The lowest BCUT2D eigenvalue weighted by atomic mass is 10.0. The molecule has 0 aromatic rings. The van der Waals surface area contributed by atoms with Gasteiger partial charge in [-0.15, -0.1) is 10.2 Å².